The maximum Gasteiger partial charge on any atom is 0.229 e. The van der Waals surface area contributed by atoms with E-state index in [2.05, 4.69) is 10.2 Å². The molecule has 6 heteroatoms. The van der Waals surface area contributed by atoms with E-state index in [9.17, 15) is 10.1 Å². The van der Waals surface area contributed by atoms with Crippen molar-refractivity contribution in [3.05, 3.63) is 46.8 Å². The van der Waals surface area contributed by atoms with Gasteiger partial charge in [0, 0.05) is 5.56 Å². The highest BCUT2D eigenvalue weighted by Crippen LogP contribution is 2.14. The number of rotatable bonds is 2. The van der Waals surface area contributed by atoms with Gasteiger partial charge in [-0.25, -0.2) is 10.1 Å². The third kappa shape index (κ3) is 1.33. The van der Waals surface area contributed by atoms with E-state index >= 15 is 0 Å². The van der Waals surface area contributed by atoms with Crippen LogP contribution in [0, 0.1) is 10.1 Å². The van der Waals surface area contributed by atoms with Crippen LogP contribution in [0.2, 0.25) is 0 Å². The molecule has 0 spiro atoms. The van der Waals surface area contributed by atoms with Crippen LogP contribution in [0.5, 0.6) is 0 Å². The molecule has 0 aliphatic heterocycles. The quantitative estimate of drug-likeness (QED) is 0.522. The molecule has 0 bridgehead atoms. The molecule has 70 valence electrons. The minimum Gasteiger partial charge on any atom is -0.234 e. The Morgan fingerprint density at radius 1 is 1.29 bits per heavy atom. The molecule has 14 heavy (non-hydrogen) atoms. The molecule has 0 saturated heterocycles. The Kier molecular flexibility index (Phi) is 1.94. The minimum atomic E-state index is -0.567. The highest BCUT2D eigenvalue weighted by atomic mass is 16.7. The Morgan fingerprint density at radius 3 is 2.64 bits per heavy atom. The van der Waals surface area contributed by atoms with Gasteiger partial charge in [-0.3, -0.25) is 0 Å². The Balaban J connectivity index is 2.52. The average molecular weight is 190 g/mol. The molecule has 0 N–H and O–H groups in total. The maximum atomic E-state index is 10.5. The van der Waals surface area contributed by atoms with Crippen LogP contribution in [0.3, 0.4) is 0 Å². The SMILES string of the molecule is O=[N+]([O-])n1cnnc1-c1ccccc1. The summed E-state index contributed by atoms with van der Waals surface area (Å²) in [5.74, 6) is 0.232. The van der Waals surface area contributed by atoms with Crippen molar-refractivity contribution in [2.75, 3.05) is 0 Å². The molecule has 0 saturated carbocycles. The van der Waals surface area contributed by atoms with Gasteiger partial charge in [-0.05, 0) is 4.68 Å². The summed E-state index contributed by atoms with van der Waals surface area (Å²) in [7, 11) is 0. The second-order valence-corrected chi connectivity index (χ2v) is 2.60. The summed E-state index contributed by atoms with van der Waals surface area (Å²) in [5.41, 5.74) is 0.668. The molecule has 2 aromatic rings. The molecule has 1 aromatic heterocycles. The summed E-state index contributed by atoms with van der Waals surface area (Å²) in [5, 5.41) is 17.1. The number of hydrogen-bond acceptors (Lipinski definition) is 4. The summed E-state index contributed by atoms with van der Waals surface area (Å²) >= 11 is 0. The van der Waals surface area contributed by atoms with Gasteiger partial charge in [0.2, 0.25) is 5.82 Å². The van der Waals surface area contributed by atoms with Gasteiger partial charge in [-0.15, -0.1) is 10.2 Å². The number of nitrogens with zero attached hydrogens (tertiary/aromatic N) is 4. The lowest BCUT2D eigenvalue weighted by Crippen LogP contribution is -2.08. The van der Waals surface area contributed by atoms with Crippen molar-refractivity contribution >= 4 is 0 Å². The van der Waals surface area contributed by atoms with Crippen molar-refractivity contribution in [1.82, 2.24) is 14.9 Å². The fourth-order valence-corrected chi connectivity index (χ4v) is 1.13. The van der Waals surface area contributed by atoms with E-state index in [1.54, 1.807) is 24.3 Å². The molecule has 0 amide bonds. The first-order valence-electron chi connectivity index (χ1n) is 3.89. The van der Waals surface area contributed by atoms with E-state index in [1.165, 1.54) is 0 Å². The van der Waals surface area contributed by atoms with Crippen molar-refractivity contribution in [2.24, 2.45) is 0 Å². The van der Waals surface area contributed by atoms with Gasteiger partial charge in [0.05, 0.1) is 0 Å². The van der Waals surface area contributed by atoms with Gasteiger partial charge in [-0.2, -0.15) is 0 Å². The van der Waals surface area contributed by atoms with Gasteiger partial charge in [-0.1, -0.05) is 30.3 Å². The van der Waals surface area contributed by atoms with E-state index in [1.807, 2.05) is 6.07 Å². The molecule has 2 rings (SSSR count). The maximum absolute atomic E-state index is 10.5. The number of hydrogen-bond donors (Lipinski definition) is 0. The number of aromatic nitrogens is 3. The van der Waals surface area contributed by atoms with Crippen LogP contribution in [0.25, 0.3) is 11.4 Å². The van der Waals surface area contributed by atoms with Crippen molar-refractivity contribution in [2.45, 2.75) is 0 Å². The lowest BCUT2D eigenvalue weighted by molar-refractivity contribution is -0.540. The molecule has 6 nitrogen and oxygen atoms in total. The van der Waals surface area contributed by atoms with Gasteiger partial charge in [0.25, 0.3) is 0 Å². The van der Waals surface area contributed by atoms with Gasteiger partial charge in [0.15, 0.2) is 11.4 Å². The topological polar surface area (TPSA) is 73.8 Å². The van der Waals surface area contributed by atoms with Crippen LogP contribution in [0.1, 0.15) is 0 Å². The summed E-state index contributed by atoms with van der Waals surface area (Å²) in [4.78, 5) is 10.5. The van der Waals surface area contributed by atoms with Crippen molar-refractivity contribution in [1.29, 1.82) is 0 Å². The number of benzene rings is 1. The minimum absolute atomic E-state index is 0.232. The third-order valence-corrected chi connectivity index (χ3v) is 1.74. The number of nitro groups is 1. The van der Waals surface area contributed by atoms with Crippen molar-refractivity contribution in [3.8, 4) is 11.4 Å². The first kappa shape index (κ1) is 8.36. The Morgan fingerprint density at radius 2 is 2.00 bits per heavy atom. The fourth-order valence-electron chi connectivity index (χ4n) is 1.13. The highest BCUT2D eigenvalue weighted by molar-refractivity contribution is 5.53. The van der Waals surface area contributed by atoms with Crippen LogP contribution < -0.4 is 0 Å². The van der Waals surface area contributed by atoms with Crippen molar-refractivity contribution in [3.63, 3.8) is 0 Å². The smallest absolute Gasteiger partial charge is 0.229 e. The molecule has 1 heterocycles. The van der Waals surface area contributed by atoms with E-state index < -0.39 is 5.03 Å². The Labute approximate surface area is 78.9 Å². The molecule has 0 fully saturated rings. The fraction of sp³-hybridized carbons (Fsp3) is 0. The average Bonchev–Trinajstić information content (AvgIpc) is 2.67. The van der Waals surface area contributed by atoms with Crippen LogP contribution in [-0.4, -0.2) is 19.9 Å². The summed E-state index contributed by atoms with van der Waals surface area (Å²) < 4.78 is 0.787. The normalized spacial score (nSPS) is 10.0. The Bertz CT molecular complexity index is 451. The molecular formula is C8H6N4O2. The summed E-state index contributed by atoms with van der Waals surface area (Å²) in [6, 6.07) is 8.88. The zero-order valence-electron chi connectivity index (χ0n) is 7.07. The third-order valence-electron chi connectivity index (χ3n) is 1.74. The second kappa shape index (κ2) is 3.25. The van der Waals surface area contributed by atoms with Crippen LogP contribution in [0.15, 0.2) is 36.7 Å². The second-order valence-electron chi connectivity index (χ2n) is 2.60. The Hall–Kier alpha value is -2.24. The van der Waals surface area contributed by atoms with Crippen LogP contribution >= 0.6 is 0 Å². The molecule has 1 aromatic carbocycles. The summed E-state index contributed by atoms with van der Waals surface area (Å²) in [6.45, 7) is 0. The largest absolute Gasteiger partial charge is 0.234 e. The van der Waals surface area contributed by atoms with E-state index in [0.717, 1.165) is 11.0 Å². The van der Waals surface area contributed by atoms with Gasteiger partial charge < -0.3 is 0 Å². The zero-order valence-corrected chi connectivity index (χ0v) is 7.07. The summed E-state index contributed by atoms with van der Waals surface area (Å²) in [6.07, 6.45) is 1.07. The van der Waals surface area contributed by atoms with Gasteiger partial charge >= 0.3 is 0 Å². The molecule has 0 unspecified atom stereocenters. The van der Waals surface area contributed by atoms with E-state index in [-0.39, 0.29) is 5.82 Å². The lowest BCUT2D eigenvalue weighted by Gasteiger charge is -1.96. The van der Waals surface area contributed by atoms with Crippen LogP contribution in [0.4, 0.5) is 0 Å². The standard InChI is InChI=1S/C8H6N4O2/c13-12(14)11-6-9-10-8(11)7-4-2-1-3-5-7/h1-6H. The predicted molar refractivity (Wildman–Crippen MR) is 47.9 cm³/mol. The molecular weight excluding hydrogens is 184 g/mol. The molecule has 0 aliphatic carbocycles. The lowest BCUT2D eigenvalue weighted by atomic mass is 10.2. The first-order valence-corrected chi connectivity index (χ1v) is 3.89. The van der Waals surface area contributed by atoms with Gasteiger partial charge in [0.1, 0.15) is 0 Å². The highest BCUT2D eigenvalue weighted by Gasteiger charge is 2.13. The molecule has 0 aliphatic rings. The first-order chi connectivity index (χ1) is 6.79. The molecule has 0 atom stereocenters. The van der Waals surface area contributed by atoms with E-state index in [0.29, 0.717) is 5.56 Å². The predicted octanol–water partition coefficient (Wildman–Crippen LogP) is 0.985. The monoisotopic (exact) mass is 190 g/mol. The van der Waals surface area contributed by atoms with Crippen LogP contribution in [-0.2, 0) is 0 Å². The van der Waals surface area contributed by atoms with E-state index in [4.69, 9.17) is 0 Å². The van der Waals surface area contributed by atoms with Crippen molar-refractivity contribution < 1.29 is 5.03 Å². The zero-order chi connectivity index (χ0) is 9.97. The molecule has 0 radical (unpaired) electrons.